The predicted molar refractivity (Wildman–Crippen MR) is 82.8 cm³/mol. The topological polar surface area (TPSA) is 122 Å². The van der Waals surface area contributed by atoms with Gasteiger partial charge in [0.05, 0.1) is 11.0 Å². The minimum absolute atomic E-state index is 0.126. The Morgan fingerprint density at radius 2 is 1.95 bits per heavy atom. The summed E-state index contributed by atoms with van der Waals surface area (Å²) in [5, 5.41) is 11.7. The van der Waals surface area contributed by atoms with Crippen molar-refractivity contribution < 1.29 is 18.3 Å². The molecule has 22 heavy (non-hydrogen) atoms. The summed E-state index contributed by atoms with van der Waals surface area (Å²) in [7, 11) is -3.63. The standard InChI is InChI=1S/C14H21N3O4S/c1-2-13(9-7-11(18)8-9)17-22(20,21)12-5-3-10(4-6-12)16-14(15)19/h3-6,9,11,13,17-18H,2,7-8H2,1H3,(H3,15,16,19). The highest BCUT2D eigenvalue weighted by Crippen LogP contribution is 2.32. The van der Waals surface area contributed by atoms with Crippen LogP contribution in [-0.4, -0.2) is 31.7 Å². The molecule has 1 saturated carbocycles. The van der Waals surface area contributed by atoms with Crippen molar-refractivity contribution >= 4 is 21.7 Å². The number of carbonyl (C=O) groups excluding carboxylic acids is 1. The van der Waals surface area contributed by atoms with Crippen molar-refractivity contribution in [1.29, 1.82) is 0 Å². The van der Waals surface area contributed by atoms with Crippen LogP contribution in [-0.2, 0) is 10.0 Å². The molecule has 0 radical (unpaired) electrons. The molecule has 0 aliphatic heterocycles. The largest absolute Gasteiger partial charge is 0.393 e. The molecule has 122 valence electrons. The van der Waals surface area contributed by atoms with Crippen molar-refractivity contribution in [2.24, 2.45) is 11.7 Å². The van der Waals surface area contributed by atoms with Gasteiger partial charge in [-0.2, -0.15) is 0 Å². The summed E-state index contributed by atoms with van der Waals surface area (Å²) in [4.78, 5) is 10.9. The molecular weight excluding hydrogens is 306 g/mol. The van der Waals surface area contributed by atoms with Crippen LogP contribution < -0.4 is 15.8 Å². The van der Waals surface area contributed by atoms with Crippen LogP contribution in [0.2, 0.25) is 0 Å². The molecule has 1 aromatic rings. The normalized spacial score (nSPS) is 22.6. The van der Waals surface area contributed by atoms with Crippen LogP contribution in [0.3, 0.4) is 0 Å². The third-order valence-corrected chi connectivity index (χ3v) is 5.40. The fourth-order valence-corrected chi connectivity index (χ4v) is 3.99. The van der Waals surface area contributed by atoms with E-state index in [9.17, 15) is 18.3 Å². The number of rotatable bonds is 6. The third kappa shape index (κ3) is 3.96. The number of primary amides is 1. The lowest BCUT2D eigenvalue weighted by molar-refractivity contribution is 0.0277. The Balaban J connectivity index is 2.07. The Morgan fingerprint density at radius 3 is 2.41 bits per heavy atom. The van der Waals surface area contributed by atoms with Crippen molar-refractivity contribution in [3.63, 3.8) is 0 Å². The second-order valence-corrected chi connectivity index (χ2v) is 7.25. The van der Waals surface area contributed by atoms with Crippen molar-refractivity contribution in [2.45, 2.75) is 43.2 Å². The third-order valence-electron chi connectivity index (χ3n) is 3.90. The lowest BCUT2D eigenvalue weighted by Crippen LogP contribution is -2.46. The summed E-state index contributed by atoms with van der Waals surface area (Å²) in [6.07, 6.45) is 1.60. The zero-order valence-electron chi connectivity index (χ0n) is 12.3. The highest BCUT2D eigenvalue weighted by atomic mass is 32.2. The number of aliphatic hydroxyl groups excluding tert-OH is 1. The van der Waals surface area contributed by atoms with E-state index < -0.39 is 16.1 Å². The lowest BCUT2D eigenvalue weighted by Gasteiger charge is -2.37. The highest BCUT2D eigenvalue weighted by molar-refractivity contribution is 7.89. The van der Waals surface area contributed by atoms with Gasteiger partial charge in [-0.1, -0.05) is 6.92 Å². The van der Waals surface area contributed by atoms with Crippen LogP contribution in [0.1, 0.15) is 26.2 Å². The van der Waals surface area contributed by atoms with Gasteiger partial charge in [-0.15, -0.1) is 0 Å². The van der Waals surface area contributed by atoms with Crippen molar-refractivity contribution in [2.75, 3.05) is 5.32 Å². The van der Waals surface area contributed by atoms with Crippen molar-refractivity contribution in [3.05, 3.63) is 24.3 Å². The Hall–Kier alpha value is -1.64. The molecule has 1 aromatic carbocycles. The molecular formula is C14H21N3O4S. The fraction of sp³-hybridized carbons (Fsp3) is 0.500. The number of nitrogens with one attached hydrogen (secondary N) is 2. The minimum Gasteiger partial charge on any atom is -0.393 e. The average Bonchev–Trinajstić information content (AvgIpc) is 2.41. The van der Waals surface area contributed by atoms with E-state index in [2.05, 4.69) is 10.0 Å². The smallest absolute Gasteiger partial charge is 0.316 e. The van der Waals surface area contributed by atoms with Crippen molar-refractivity contribution in [3.8, 4) is 0 Å². The number of aliphatic hydroxyl groups is 1. The van der Waals surface area contributed by atoms with Gasteiger partial charge >= 0.3 is 6.03 Å². The lowest BCUT2D eigenvalue weighted by atomic mass is 9.77. The average molecular weight is 327 g/mol. The van der Waals surface area contributed by atoms with Gasteiger partial charge in [-0.25, -0.2) is 17.9 Å². The van der Waals surface area contributed by atoms with E-state index in [1.165, 1.54) is 24.3 Å². The molecule has 1 atom stereocenters. The van der Waals surface area contributed by atoms with E-state index in [1.54, 1.807) is 0 Å². The molecule has 0 aromatic heterocycles. The molecule has 0 bridgehead atoms. The van der Waals surface area contributed by atoms with Gasteiger partial charge in [0.25, 0.3) is 0 Å². The van der Waals surface area contributed by atoms with Crippen LogP contribution >= 0.6 is 0 Å². The number of sulfonamides is 1. The van der Waals surface area contributed by atoms with E-state index in [0.717, 1.165) is 0 Å². The predicted octanol–water partition coefficient (Wildman–Crippen LogP) is 1.01. The van der Waals surface area contributed by atoms with Gasteiger partial charge in [-0.05, 0) is 49.4 Å². The van der Waals surface area contributed by atoms with E-state index in [1.807, 2.05) is 6.92 Å². The zero-order valence-corrected chi connectivity index (χ0v) is 13.1. The molecule has 0 saturated heterocycles. The summed E-state index contributed by atoms with van der Waals surface area (Å²) in [5.74, 6) is 0.172. The minimum atomic E-state index is -3.63. The van der Waals surface area contributed by atoms with Crippen LogP contribution in [0.5, 0.6) is 0 Å². The molecule has 5 N–H and O–H groups in total. The number of benzene rings is 1. The summed E-state index contributed by atoms with van der Waals surface area (Å²) in [6, 6.07) is 4.90. The maximum atomic E-state index is 12.4. The van der Waals surface area contributed by atoms with E-state index in [0.29, 0.717) is 24.9 Å². The fourth-order valence-electron chi connectivity index (χ4n) is 2.60. The van der Waals surface area contributed by atoms with Gasteiger partial charge < -0.3 is 16.2 Å². The Labute approximate surface area is 130 Å². The summed E-state index contributed by atoms with van der Waals surface area (Å²) in [5.41, 5.74) is 5.43. The summed E-state index contributed by atoms with van der Waals surface area (Å²) >= 11 is 0. The maximum absolute atomic E-state index is 12.4. The Bertz CT molecular complexity index is 624. The molecule has 2 rings (SSSR count). The second kappa shape index (κ2) is 6.64. The van der Waals surface area contributed by atoms with Gasteiger partial charge in [0, 0.05) is 11.7 Å². The Kier molecular flexibility index (Phi) is 5.05. The second-order valence-electron chi connectivity index (χ2n) is 5.53. The van der Waals surface area contributed by atoms with E-state index >= 15 is 0 Å². The number of carbonyl (C=O) groups is 1. The number of hydrogen-bond donors (Lipinski definition) is 4. The van der Waals surface area contributed by atoms with Crippen LogP contribution in [0.25, 0.3) is 0 Å². The monoisotopic (exact) mass is 327 g/mol. The molecule has 0 heterocycles. The first-order chi connectivity index (χ1) is 10.3. The van der Waals surface area contributed by atoms with Crippen LogP contribution in [0.4, 0.5) is 10.5 Å². The van der Waals surface area contributed by atoms with Crippen LogP contribution in [0.15, 0.2) is 29.2 Å². The molecule has 1 fully saturated rings. The molecule has 2 amide bonds. The molecule has 1 unspecified atom stereocenters. The molecule has 0 spiro atoms. The van der Waals surface area contributed by atoms with Gasteiger partial charge in [0.1, 0.15) is 0 Å². The molecule has 8 heteroatoms. The van der Waals surface area contributed by atoms with Crippen LogP contribution in [0, 0.1) is 5.92 Å². The number of anilines is 1. The Morgan fingerprint density at radius 1 is 1.36 bits per heavy atom. The SMILES string of the molecule is CCC(NS(=O)(=O)c1ccc(NC(N)=O)cc1)C1CC(O)C1. The quantitative estimate of drug-likeness (QED) is 0.623. The number of urea groups is 1. The van der Waals surface area contributed by atoms with Crippen molar-refractivity contribution in [1.82, 2.24) is 4.72 Å². The van der Waals surface area contributed by atoms with Gasteiger partial charge in [0.15, 0.2) is 0 Å². The first-order valence-corrected chi connectivity index (χ1v) is 8.67. The van der Waals surface area contributed by atoms with Gasteiger partial charge in [-0.3, -0.25) is 0 Å². The van der Waals surface area contributed by atoms with Gasteiger partial charge in [0.2, 0.25) is 10.0 Å². The summed E-state index contributed by atoms with van der Waals surface area (Å²) < 4.78 is 27.4. The molecule has 7 nitrogen and oxygen atoms in total. The molecule has 1 aliphatic rings. The number of nitrogens with two attached hydrogens (primary N) is 1. The number of hydrogen-bond acceptors (Lipinski definition) is 4. The molecule has 1 aliphatic carbocycles. The van der Waals surface area contributed by atoms with E-state index in [4.69, 9.17) is 5.73 Å². The summed E-state index contributed by atoms with van der Waals surface area (Å²) in [6.45, 7) is 1.91. The zero-order chi connectivity index (χ0) is 16.3. The highest BCUT2D eigenvalue weighted by Gasteiger charge is 2.35. The maximum Gasteiger partial charge on any atom is 0.316 e. The first-order valence-electron chi connectivity index (χ1n) is 7.18. The first kappa shape index (κ1) is 16.7. The van der Waals surface area contributed by atoms with E-state index in [-0.39, 0.29) is 23.0 Å². The number of amides is 2.